The van der Waals surface area contributed by atoms with Crippen LogP contribution in [0.5, 0.6) is 5.75 Å². The maximum absolute atomic E-state index is 12.3. The van der Waals surface area contributed by atoms with Crippen molar-refractivity contribution in [1.29, 1.82) is 0 Å². The van der Waals surface area contributed by atoms with Gasteiger partial charge in [0.15, 0.2) is 5.11 Å². The van der Waals surface area contributed by atoms with Crippen LogP contribution in [0, 0.1) is 0 Å². The van der Waals surface area contributed by atoms with E-state index in [-0.39, 0.29) is 11.0 Å². The average molecular weight is 369 g/mol. The molecule has 0 atom stereocenters. The Hall–Kier alpha value is -2.60. The van der Waals surface area contributed by atoms with E-state index in [1.807, 2.05) is 19.1 Å². The van der Waals surface area contributed by atoms with Crippen molar-refractivity contribution >= 4 is 34.6 Å². The van der Waals surface area contributed by atoms with E-state index in [4.69, 9.17) is 17.0 Å². The topological polar surface area (TPSA) is 53.6 Å². The number of ether oxygens (including phenoxy) is 1. The SMILES string of the molecule is CCOc1ccc(C(=O)NC(=S)Nc2cccc(N3CCCC3)c2)cc1. The van der Waals surface area contributed by atoms with Gasteiger partial charge in [-0.25, -0.2) is 0 Å². The Balaban J connectivity index is 1.58. The lowest BCUT2D eigenvalue weighted by atomic mass is 10.2. The first kappa shape index (κ1) is 18.2. The van der Waals surface area contributed by atoms with E-state index in [0.717, 1.165) is 24.5 Å². The molecule has 2 aromatic rings. The van der Waals surface area contributed by atoms with Gasteiger partial charge in [-0.1, -0.05) is 6.07 Å². The highest BCUT2D eigenvalue weighted by Crippen LogP contribution is 2.23. The van der Waals surface area contributed by atoms with Crippen molar-refractivity contribution < 1.29 is 9.53 Å². The smallest absolute Gasteiger partial charge is 0.257 e. The van der Waals surface area contributed by atoms with E-state index < -0.39 is 0 Å². The van der Waals surface area contributed by atoms with Gasteiger partial charge in [0.05, 0.1) is 6.61 Å². The molecule has 3 rings (SSSR count). The van der Waals surface area contributed by atoms with E-state index in [0.29, 0.717) is 12.2 Å². The molecule has 1 amide bonds. The van der Waals surface area contributed by atoms with Gasteiger partial charge in [0.2, 0.25) is 0 Å². The molecule has 0 radical (unpaired) electrons. The summed E-state index contributed by atoms with van der Waals surface area (Å²) >= 11 is 5.28. The minimum Gasteiger partial charge on any atom is -0.494 e. The number of hydrogen-bond donors (Lipinski definition) is 2. The number of hydrogen-bond acceptors (Lipinski definition) is 4. The third-order valence-corrected chi connectivity index (χ3v) is 4.43. The van der Waals surface area contributed by atoms with Crippen molar-refractivity contribution in [1.82, 2.24) is 5.32 Å². The van der Waals surface area contributed by atoms with Crippen LogP contribution in [-0.2, 0) is 0 Å². The zero-order chi connectivity index (χ0) is 18.4. The molecule has 1 fully saturated rings. The molecule has 6 heteroatoms. The Morgan fingerprint density at radius 2 is 1.88 bits per heavy atom. The predicted molar refractivity (Wildman–Crippen MR) is 109 cm³/mol. The van der Waals surface area contributed by atoms with Gasteiger partial charge in [0, 0.05) is 30.0 Å². The molecule has 1 aliphatic rings. The van der Waals surface area contributed by atoms with Crippen LogP contribution in [-0.4, -0.2) is 30.7 Å². The van der Waals surface area contributed by atoms with Crippen molar-refractivity contribution in [2.24, 2.45) is 0 Å². The number of anilines is 2. The second-order valence-corrected chi connectivity index (χ2v) is 6.52. The molecule has 2 aromatic carbocycles. The Bertz CT molecular complexity index is 771. The number of amides is 1. The zero-order valence-electron chi connectivity index (χ0n) is 14.8. The van der Waals surface area contributed by atoms with E-state index in [2.05, 4.69) is 27.7 Å². The Labute approximate surface area is 159 Å². The quantitative estimate of drug-likeness (QED) is 0.785. The number of benzene rings is 2. The molecule has 0 aliphatic carbocycles. The summed E-state index contributed by atoms with van der Waals surface area (Å²) in [5, 5.41) is 6.08. The zero-order valence-corrected chi connectivity index (χ0v) is 15.6. The Morgan fingerprint density at radius 1 is 1.15 bits per heavy atom. The van der Waals surface area contributed by atoms with Gasteiger partial charge in [-0.3, -0.25) is 10.1 Å². The lowest BCUT2D eigenvalue weighted by Crippen LogP contribution is -2.34. The molecule has 0 spiro atoms. The summed E-state index contributed by atoms with van der Waals surface area (Å²) in [6.07, 6.45) is 2.46. The molecule has 26 heavy (non-hydrogen) atoms. The van der Waals surface area contributed by atoms with Crippen LogP contribution in [0.3, 0.4) is 0 Å². The summed E-state index contributed by atoms with van der Waals surface area (Å²) in [6.45, 7) is 4.68. The van der Waals surface area contributed by atoms with Crippen LogP contribution >= 0.6 is 12.2 Å². The standard InChI is InChI=1S/C20H23N3O2S/c1-2-25-18-10-8-15(9-11-18)19(24)22-20(26)21-16-6-5-7-17(14-16)23-12-3-4-13-23/h5-11,14H,2-4,12-13H2,1H3,(H2,21,22,24,26). The highest BCUT2D eigenvalue weighted by Gasteiger charge is 2.13. The fourth-order valence-electron chi connectivity index (χ4n) is 2.96. The predicted octanol–water partition coefficient (Wildman–Crippen LogP) is 3.81. The molecule has 1 aliphatic heterocycles. The lowest BCUT2D eigenvalue weighted by Gasteiger charge is -2.19. The van der Waals surface area contributed by atoms with Crippen LogP contribution in [0.4, 0.5) is 11.4 Å². The number of nitrogens with zero attached hydrogens (tertiary/aromatic N) is 1. The van der Waals surface area contributed by atoms with Crippen LogP contribution in [0.25, 0.3) is 0 Å². The molecule has 0 saturated carbocycles. The molecular formula is C20H23N3O2S. The number of nitrogens with one attached hydrogen (secondary N) is 2. The normalized spacial score (nSPS) is 13.3. The summed E-state index contributed by atoms with van der Waals surface area (Å²) in [7, 11) is 0. The monoisotopic (exact) mass is 369 g/mol. The van der Waals surface area contributed by atoms with Gasteiger partial charge >= 0.3 is 0 Å². The Morgan fingerprint density at radius 3 is 2.58 bits per heavy atom. The average Bonchev–Trinajstić information content (AvgIpc) is 3.17. The molecule has 136 valence electrons. The van der Waals surface area contributed by atoms with Crippen LogP contribution in [0.1, 0.15) is 30.1 Å². The van der Waals surface area contributed by atoms with E-state index in [1.54, 1.807) is 24.3 Å². The summed E-state index contributed by atoms with van der Waals surface area (Å²) in [5.41, 5.74) is 2.57. The molecular weight excluding hydrogens is 346 g/mol. The molecule has 1 heterocycles. The fraction of sp³-hybridized carbons (Fsp3) is 0.300. The van der Waals surface area contributed by atoms with Crippen molar-refractivity contribution in [2.75, 3.05) is 29.9 Å². The highest BCUT2D eigenvalue weighted by molar-refractivity contribution is 7.80. The Kier molecular flexibility index (Phi) is 6.07. The minimum atomic E-state index is -0.249. The molecule has 2 N–H and O–H groups in total. The highest BCUT2D eigenvalue weighted by atomic mass is 32.1. The summed E-state index contributed by atoms with van der Waals surface area (Å²) < 4.78 is 5.38. The van der Waals surface area contributed by atoms with Crippen LogP contribution < -0.4 is 20.3 Å². The summed E-state index contributed by atoms with van der Waals surface area (Å²) in [6, 6.07) is 15.1. The lowest BCUT2D eigenvalue weighted by molar-refractivity contribution is 0.0977. The van der Waals surface area contributed by atoms with E-state index in [1.165, 1.54) is 18.5 Å². The summed E-state index contributed by atoms with van der Waals surface area (Å²) in [5.74, 6) is 0.490. The maximum atomic E-state index is 12.3. The van der Waals surface area contributed by atoms with Gasteiger partial charge in [-0.15, -0.1) is 0 Å². The fourth-order valence-corrected chi connectivity index (χ4v) is 3.17. The van der Waals surface area contributed by atoms with Crippen molar-refractivity contribution in [3.8, 4) is 5.75 Å². The number of thiocarbonyl (C=S) groups is 1. The molecule has 5 nitrogen and oxygen atoms in total. The van der Waals surface area contributed by atoms with Gasteiger partial charge in [-0.05, 0) is 74.4 Å². The second kappa shape index (κ2) is 8.67. The number of rotatable bonds is 5. The van der Waals surface area contributed by atoms with Crippen LogP contribution in [0.15, 0.2) is 48.5 Å². The van der Waals surface area contributed by atoms with E-state index in [9.17, 15) is 4.79 Å². The number of carbonyl (C=O) groups is 1. The first-order valence-corrected chi connectivity index (χ1v) is 9.27. The van der Waals surface area contributed by atoms with Gasteiger partial charge in [-0.2, -0.15) is 0 Å². The first-order valence-electron chi connectivity index (χ1n) is 8.86. The van der Waals surface area contributed by atoms with Crippen LogP contribution in [0.2, 0.25) is 0 Å². The van der Waals surface area contributed by atoms with Gasteiger partial charge in [0.1, 0.15) is 5.75 Å². The molecule has 0 aromatic heterocycles. The third-order valence-electron chi connectivity index (χ3n) is 4.23. The minimum absolute atomic E-state index is 0.249. The van der Waals surface area contributed by atoms with E-state index >= 15 is 0 Å². The molecule has 0 bridgehead atoms. The first-order chi connectivity index (χ1) is 12.7. The largest absolute Gasteiger partial charge is 0.494 e. The third kappa shape index (κ3) is 4.73. The maximum Gasteiger partial charge on any atom is 0.257 e. The van der Waals surface area contributed by atoms with Crippen molar-refractivity contribution in [3.05, 3.63) is 54.1 Å². The van der Waals surface area contributed by atoms with Crippen molar-refractivity contribution in [2.45, 2.75) is 19.8 Å². The molecule has 0 unspecified atom stereocenters. The van der Waals surface area contributed by atoms with Gasteiger partial charge in [0.25, 0.3) is 5.91 Å². The summed E-state index contributed by atoms with van der Waals surface area (Å²) in [4.78, 5) is 14.7. The molecule has 1 saturated heterocycles. The van der Waals surface area contributed by atoms with Gasteiger partial charge < -0.3 is 15.0 Å². The second-order valence-electron chi connectivity index (χ2n) is 6.11. The number of carbonyl (C=O) groups excluding carboxylic acids is 1. The van der Waals surface area contributed by atoms with Crippen molar-refractivity contribution in [3.63, 3.8) is 0 Å².